The van der Waals surface area contributed by atoms with Crippen LogP contribution in [0, 0.1) is 0 Å². The molecule has 0 unspecified atom stereocenters. The maximum absolute atomic E-state index is 13.1. The van der Waals surface area contributed by atoms with E-state index in [1.807, 2.05) is 0 Å². The summed E-state index contributed by atoms with van der Waals surface area (Å²) in [6.45, 7) is 0. The van der Waals surface area contributed by atoms with Crippen molar-refractivity contribution >= 4 is 29.0 Å². The van der Waals surface area contributed by atoms with Gasteiger partial charge in [-0.3, -0.25) is 4.79 Å². The van der Waals surface area contributed by atoms with Crippen LogP contribution in [0.2, 0.25) is 0 Å². The molecule has 0 bridgehead atoms. The lowest BCUT2D eigenvalue weighted by atomic mass is 10.2. The molecule has 134 valence electrons. The number of aromatic nitrogens is 2. The lowest BCUT2D eigenvalue weighted by molar-refractivity contribution is -0.141. The molecule has 1 saturated carbocycles. The number of carbonyl (C=O) groups excluding carboxylic acids is 1. The highest BCUT2D eigenvalue weighted by Crippen LogP contribution is 2.33. The van der Waals surface area contributed by atoms with Gasteiger partial charge < -0.3 is 5.32 Å². The van der Waals surface area contributed by atoms with E-state index < -0.39 is 11.9 Å². The third-order valence-electron chi connectivity index (χ3n) is 3.82. The van der Waals surface area contributed by atoms with Crippen molar-refractivity contribution in [2.45, 2.75) is 43.1 Å². The number of thiophene rings is 1. The fourth-order valence-electron chi connectivity index (χ4n) is 2.66. The van der Waals surface area contributed by atoms with Gasteiger partial charge in [-0.25, -0.2) is 9.97 Å². The van der Waals surface area contributed by atoms with Crippen molar-refractivity contribution in [3.8, 4) is 10.6 Å². The highest BCUT2D eigenvalue weighted by Gasteiger charge is 2.34. The number of alkyl halides is 3. The van der Waals surface area contributed by atoms with Crippen molar-refractivity contribution in [3.05, 3.63) is 29.3 Å². The van der Waals surface area contributed by atoms with Crippen LogP contribution in [0.5, 0.6) is 0 Å². The summed E-state index contributed by atoms with van der Waals surface area (Å²) >= 11 is 2.23. The summed E-state index contributed by atoms with van der Waals surface area (Å²) in [4.78, 5) is 20.3. The molecular formula is C16H16F3N3OS2. The Labute approximate surface area is 151 Å². The van der Waals surface area contributed by atoms with Crippen molar-refractivity contribution in [3.63, 3.8) is 0 Å². The quantitative estimate of drug-likeness (QED) is 0.611. The van der Waals surface area contributed by atoms with Crippen LogP contribution in [0.15, 0.2) is 28.7 Å². The van der Waals surface area contributed by atoms with Gasteiger partial charge in [-0.05, 0) is 30.4 Å². The summed E-state index contributed by atoms with van der Waals surface area (Å²) in [7, 11) is 0. The third kappa shape index (κ3) is 4.94. The molecule has 0 radical (unpaired) electrons. The molecule has 1 fully saturated rings. The minimum absolute atomic E-state index is 0.00168. The van der Waals surface area contributed by atoms with E-state index in [1.165, 1.54) is 11.3 Å². The van der Waals surface area contributed by atoms with Crippen molar-refractivity contribution in [1.82, 2.24) is 15.3 Å². The highest BCUT2D eigenvalue weighted by molar-refractivity contribution is 7.99. The first-order chi connectivity index (χ1) is 11.9. The van der Waals surface area contributed by atoms with E-state index in [-0.39, 0.29) is 28.6 Å². The fourth-order valence-corrected chi connectivity index (χ4v) is 4.01. The smallest absolute Gasteiger partial charge is 0.353 e. The Morgan fingerprint density at radius 2 is 2.08 bits per heavy atom. The normalized spacial score (nSPS) is 15.5. The average molecular weight is 387 g/mol. The topological polar surface area (TPSA) is 54.9 Å². The van der Waals surface area contributed by atoms with Gasteiger partial charge in [-0.2, -0.15) is 13.2 Å². The summed E-state index contributed by atoms with van der Waals surface area (Å²) in [6, 6.07) is 4.57. The van der Waals surface area contributed by atoms with E-state index in [4.69, 9.17) is 0 Å². The van der Waals surface area contributed by atoms with Gasteiger partial charge in [0.05, 0.1) is 16.3 Å². The van der Waals surface area contributed by atoms with Crippen LogP contribution in [0.25, 0.3) is 10.6 Å². The largest absolute Gasteiger partial charge is 0.433 e. The Morgan fingerprint density at radius 1 is 1.32 bits per heavy atom. The zero-order valence-electron chi connectivity index (χ0n) is 13.2. The first kappa shape index (κ1) is 18.2. The molecule has 2 heterocycles. The molecule has 9 heteroatoms. The Kier molecular flexibility index (Phi) is 5.63. The highest BCUT2D eigenvalue weighted by atomic mass is 32.2. The van der Waals surface area contributed by atoms with Crippen LogP contribution in [-0.4, -0.2) is 27.7 Å². The Hall–Kier alpha value is -1.61. The van der Waals surface area contributed by atoms with Crippen LogP contribution >= 0.6 is 23.1 Å². The minimum atomic E-state index is -4.56. The van der Waals surface area contributed by atoms with E-state index in [2.05, 4.69) is 15.3 Å². The Balaban J connectivity index is 1.73. The fraction of sp³-hybridized carbons (Fsp3) is 0.438. The number of nitrogens with one attached hydrogen (secondary N) is 1. The van der Waals surface area contributed by atoms with E-state index in [9.17, 15) is 18.0 Å². The number of rotatable bonds is 5. The molecule has 0 aliphatic heterocycles. The molecule has 1 aliphatic carbocycles. The van der Waals surface area contributed by atoms with Crippen LogP contribution in [-0.2, 0) is 11.0 Å². The molecule has 0 spiro atoms. The molecule has 1 aliphatic rings. The first-order valence-corrected chi connectivity index (χ1v) is 9.70. The lowest BCUT2D eigenvalue weighted by Gasteiger charge is -2.12. The zero-order valence-corrected chi connectivity index (χ0v) is 14.8. The summed E-state index contributed by atoms with van der Waals surface area (Å²) in [5.41, 5.74) is -0.777. The summed E-state index contributed by atoms with van der Waals surface area (Å²) < 4.78 is 39.3. The molecule has 0 atom stereocenters. The van der Waals surface area contributed by atoms with Gasteiger partial charge in [0.2, 0.25) is 5.91 Å². The standard InChI is InChI=1S/C16H16F3N3OS2/c17-16(18,19)13-8-11(12-6-3-7-24-12)21-15(22-13)25-9-14(23)20-10-4-1-2-5-10/h3,6-8,10H,1-2,4-5,9H2,(H,20,23). The number of thioether (sulfide) groups is 1. The maximum Gasteiger partial charge on any atom is 0.433 e. The van der Waals surface area contributed by atoms with E-state index in [1.54, 1.807) is 17.5 Å². The van der Waals surface area contributed by atoms with Crippen molar-refractivity contribution < 1.29 is 18.0 Å². The van der Waals surface area contributed by atoms with Crippen LogP contribution < -0.4 is 5.32 Å². The van der Waals surface area contributed by atoms with Gasteiger partial charge in [0.1, 0.15) is 5.69 Å². The Bertz CT molecular complexity index is 729. The van der Waals surface area contributed by atoms with Gasteiger partial charge >= 0.3 is 6.18 Å². The maximum atomic E-state index is 13.1. The summed E-state index contributed by atoms with van der Waals surface area (Å²) in [5, 5.41) is 4.63. The predicted octanol–water partition coefficient (Wildman–Crippen LogP) is 4.37. The molecular weight excluding hydrogens is 371 g/mol. The van der Waals surface area contributed by atoms with Gasteiger partial charge in [0, 0.05) is 6.04 Å². The second-order valence-corrected chi connectivity index (χ2v) is 7.62. The molecule has 3 rings (SSSR count). The zero-order chi connectivity index (χ0) is 17.9. The van der Waals surface area contributed by atoms with E-state index in [0.717, 1.165) is 43.5 Å². The second kappa shape index (κ2) is 7.74. The molecule has 0 saturated heterocycles. The SMILES string of the molecule is O=C(CSc1nc(-c2cccs2)cc(C(F)(F)F)n1)NC1CCCC1. The van der Waals surface area contributed by atoms with Crippen LogP contribution in [0.3, 0.4) is 0 Å². The number of hydrogen-bond acceptors (Lipinski definition) is 5. The molecule has 2 aromatic heterocycles. The second-order valence-electron chi connectivity index (χ2n) is 5.73. The van der Waals surface area contributed by atoms with E-state index >= 15 is 0 Å². The van der Waals surface area contributed by atoms with Gasteiger partial charge in [-0.1, -0.05) is 30.7 Å². The number of nitrogens with zero attached hydrogens (tertiary/aromatic N) is 2. The van der Waals surface area contributed by atoms with Crippen LogP contribution in [0.4, 0.5) is 13.2 Å². The third-order valence-corrected chi connectivity index (χ3v) is 5.56. The monoisotopic (exact) mass is 387 g/mol. The average Bonchev–Trinajstić information content (AvgIpc) is 3.25. The molecule has 0 aromatic carbocycles. The summed E-state index contributed by atoms with van der Waals surface area (Å²) in [5.74, 6) is -0.197. The molecule has 1 N–H and O–H groups in total. The molecule has 25 heavy (non-hydrogen) atoms. The van der Waals surface area contributed by atoms with Crippen molar-refractivity contribution in [2.24, 2.45) is 0 Å². The molecule has 2 aromatic rings. The summed E-state index contributed by atoms with van der Waals surface area (Å²) in [6.07, 6.45) is -0.452. The first-order valence-electron chi connectivity index (χ1n) is 7.84. The van der Waals surface area contributed by atoms with Crippen molar-refractivity contribution in [2.75, 3.05) is 5.75 Å². The predicted molar refractivity (Wildman–Crippen MR) is 91.5 cm³/mol. The van der Waals surface area contributed by atoms with Gasteiger partial charge in [0.15, 0.2) is 5.16 Å². The number of carbonyl (C=O) groups is 1. The molecule has 1 amide bonds. The van der Waals surface area contributed by atoms with Crippen molar-refractivity contribution in [1.29, 1.82) is 0 Å². The van der Waals surface area contributed by atoms with Crippen LogP contribution in [0.1, 0.15) is 31.4 Å². The Morgan fingerprint density at radius 3 is 2.72 bits per heavy atom. The number of amides is 1. The van der Waals surface area contributed by atoms with Gasteiger partial charge in [0.25, 0.3) is 0 Å². The van der Waals surface area contributed by atoms with Gasteiger partial charge in [-0.15, -0.1) is 11.3 Å². The molecule has 4 nitrogen and oxygen atoms in total. The number of hydrogen-bond donors (Lipinski definition) is 1. The number of halogens is 3. The minimum Gasteiger partial charge on any atom is -0.353 e. The van der Waals surface area contributed by atoms with E-state index in [0.29, 0.717) is 4.88 Å². The lowest BCUT2D eigenvalue weighted by Crippen LogP contribution is -2.33.